The monoisotopic (exact) mass is 267 g/mol. The van der Waals surface area contributed by atoms with E-state index in [0.29, 0.717) is 17.3 Å². The first kappa shape index (κ1) is 11.6. The highest BCUT2D eigenvalue weighted by atomic mass is 32.2. The molecule has 1 aliphatic rings. The normalized spacial score (nSPS) is 16.0. The van der Waals surface area contributed by atoms with Crippen molar-refractivity contribution in [1.82, 2.24) is 4.72 Å². The van der Waals surface area contributed by atoms with Gasteiger partial charge in [-0.3, -0.25) is 0 Å². The molecule has 0 aromatic carbocycles. The molecule has 2 aromatic rings. The van der Waals surface area contributed by atoms with Gasteiger partial charge in [-0.25, -0.2) is 13.1 Å². The van der Waals surface area contributed by atoms with E-state index in [1.165, 1.54) is 0 Å². The summed E-state index contributed by atoms with van der Waals surface area (Å²) in [5.41, 5.74) is 0. The summed E-state index contributed by atoms with van der Waals surface area (Å²) >= 11 is 0. The van der Waals surface area contributed by atoms with Crippen molar-refractivity contribution in [2.24, 2.45) is 0 Å². The molecule has 1 N–H and O–H groups in total. The largest absolute Gasteiger partial charge is 0.461 e. The molecule has 2 heterocycles. The fraction of sp³-hybridized carbons (Fsp3) is 0.333. The van der Waals surface area contributed by atoms with Crippen molar-refractivity contribution in [3.05, 3.63) is 36.3 Å². The summed E-state index contributed by atoms with van der Waals surface area (Å²) in [5, 5.41) is -0.211. The Labute approximate surface area is 105 Å². The Morgan fingerprint density at radius 2 is 2.06 bits per heavy atom. The second kappa shape index (κ2) is 4.29. The van der Waals surface area contributed by atoms with Crippen LogP contribution >= 0.6 is 0 Å². The molecule has 0 radical (unpaired) electrons. The summed E-state index contributed by atoms with van der Waals surface area (Å²) in [6.07, 6.45) is 3.07. The Morgan fingerprint density at radius 3 is 2.72 bits per heavy atom. The van der Waals surface area contributed by atoms with E-state index in [1.807, 2.05) is 0 Å². The molecule has 6 heteroatoms. The molecule has 1 aliphatic carbocycles. The Balaban J connectivity index is 1.67. The minimum atomic E-state index is -3.16. The third kappa shape index (κ3) is 2.34. The van der Waals surface area contributed by atoms with Crippen molar-refractivity contribution in [1.29, 1.82) is 0 Å². The van der Waals surface area contributed by atoms with Crippen LogP contribution in [0.1, 0.15) is 18.6 Å². The van der Waals surface area contributed by atoms with Crippen LogP contribution in [0.25, 0.3) is 11.5 Å². The molecule has 3 rings (SSSR count). The quantitative estimate of drug-likeness (QED) is 0.900. The van der Waals surface area contributed by atoms with Crippen LogP contribution in [0.2, 0.25) is 0 Å². The van der Waals surface area contributed by atoms with Crippen molar-refractivity contribution in [3.8, 4) is 11.5 Å². The SMILES string of the molecule is O=S(=O)(NCc1ccc(-c2ccco2)o1)C1CC1. The molecule has 0 spiro atoms. The highest BCUT2D eigenvalue weighted by Crippen LogP contribution is 2.28. The van der Waals surface area contributed by atoms with Crippen molar-refractivity contribution < 1.29 is 17.3 Å². The molecule has 5 nitrogen and oxygen atoms in total. The van der Waals surface area contributed by atoms with Gasteiger partial charge in [0.2, 0.25) is 10.0 Å². The van der Waals surface area contributed by atoms with Gasteiger partial charge in [0.25, 0.3) is 0 Å². The van der Waals surface area contributed by atoms with E-state index in [4.69, 9.17) is 8.83 Å². The van der Waals surface area contributed by atoms with Crippen molar-refractivity contribution in [2.75, 3.05) is 0 Å². The van der Waals surface area contributed by atoms with Crippen molar-refractivity contribution in [3.63, 3.8) is 0 Å². The van der Waals surface area contributed by atoms with E-state index in [-0.39, 0.29) is 11.8 Å². The highest BCUT2D eigenvalue weighted by molar-refractivity contribution is 7.90. The number of rotatable bonds is 5. The van der Waals surface area contributed by atoms with Gasteiger partial charge in [-0.2, -0.15) is 0 Å². The molecule has 0 bridgehead atoms. The van der Waals surface area contributed by atoms with E-state index >= 15 is 0 Å². The van der Waals surface area contributed by atoms with Gasteiger partial charge >= 0.3 is 0 Å². The molecule has 1 fully saturated rings. The number of nitrogens with one attached hydrogen (secondary N) is 1. The zero-order valence-electron chi connectivity index (χ0n) is 9.63. The van der Waals surface area contributed by atoms with Gasteiger partial charge in [0, 0.05) is 0 Å². The lowest BCUT2D eigenvalue weighted by Crippen LogP contribution is -2.26. The molecule has 1 saturated carbocycles. The zero-order valence-corrected chi connectivity index (χ0v) is 10.4. The average Bonchev–Trinajstić information content (AvgIpc) is 2.91. The lowest BCUT2D eigenvalue weighted by Gasteiger charge is -2.02. The van der Waals surface area contributed by atoms with Gasteiger partial charge in [0.15, 0.2) is 11.5 Å². The summed E-state index contributed by atoms with van der Waals surface area (Å²) in [6.45, 7) is 0.180. The molecule has 0 aliphatic heterocycles. The number of furan rings is 2. The third-order valence-corrected chi connectivity index (χ3v) is 4.73. The van der Waals surface area contributed by atoms with E-state index in [0.717, 1.165) is 12.8 Å². The fourth-order valence-electron chi connectivity index (χ4n) is 1.69. The van der Waals surface area contributed by atoms with E-state index < -0.39 is 10.0 Å². The van der Waals surface area contributed by atoms with Gasteiger partial charge in [0.05, 0.1) is 18.1 Å². The second-order valence-electron chi connectivity index (χ2n) is 4.31. The number of sulfonamides is 1. The van der Waals surface area contributed by atoms with Crippen LogP contribution in [0.5, 0.6) is 0 Å². The van der Waals surface area contributed by atoms with E-state index in [2.05, 4.69) is 4.72 Å². The fourth-order valence-corrected chi connectivity index (χ4v) is 3.03. The highest BCUT2D eigenvalue weighted by Gasteiger charge is 2.35. The number of hydrogen-bond donors (Lipinski definition) is 1. The standard InChI is InChI=1S/C12H13NO4S/c14-18(15,10-4-5-10)13-8-9-3-6-12(17-9)11-2-1-7-16-11/h1-3,6-7,10,13H,4-5,8H2. The van der Waals surface area contributed by atoms with Gasteiger partial charge < -0.3 is 8.83 Å². The van der Waals surface area contributed by atoms with Crippen molar-refractivity contribution >= 4 is 10.0 Å². The van der Waals surface area contributed by atoms with Gasteiger partial charge in [-0.15, -0.1) is 0 Å². The molecule has 0 atom stereocenters. The second-order valence-corrected chi connectivity index (χ2v) is 6.35. The molecular formula is C12H13NO4S. The molecule has 0 amide bonds. The summed E-state index contributed by atoms with van der Waals surface area (Å²) in [5.74, 6) is 1.80. The summed E-state index contributed by atoms with van der Waals surface area (Å²) in [7, 11) is -3.16. The maximum absolute atomic E-state index is 11.6. The maximum atomic E-state index is 11.6. The summed E-state index contributed by atoms with van der Waals surface area (Å²) in [4.78, 5) is 0. The Kier molecular flexibility index (Phi) is 2.76. The topological polar surface area (TPSA) is 72.5 Å². The lowest BCUT2D eigenvalue weighted by molar-refractivity contribution is 0.485. The van der Waals surface area contributed by atoms with Crippen LogP contribution in [0.4, 0.5) is 0 Å². The minimum Gasteiger partial charge on any atom is -0.461 e. The van der Waals surface area contributed by atoms with Gasteiger partial charge in [-0.1, -0.05) is 0 Å². The lowest BCUT2D eigenvalue weighted by atomic mass is 10.3. The maximum Gasteiger partial charge on any atom is 0.214 e. The Morgan fingerprint density at radius 1 is 1.22 bits per heavy atom. The third-order valence-electron chi connectivity index (χ3n) is 2.84. The first-order valence-electron chi connectivity index (χ1n) is 5.76. The smallest absolute Gasteiger partial charge is 0.214 e. The molecular weight excluding hydrogens is 254 g/mol. The zero-order chi connectivity index (χ0) is 12.6. The first-order chi connectivity index (χ1) is 8.65. The molecule has 18 heavy (non-hydrogen) atoms. The predicted molar refractivity (Wildman–Crippen MR) is 65.2 cm³/mol. The van der Waals surface area contributed by atoms with Gasteiger partial charge in [0.1, 0.15) is 5.76 Å². The molecule has 0 unspecified atom stereocenters. The van der Waals surface area contributed by atoms with Crippen LogP contribution in [0.15, 0.2) is 39.4 Å². The van der Waals surface area contributed by atoms with E-state index in [1.54, 1.807) is 30.5 Å². The van der Waals surface area contributed by atoms with Crippen LogP contribution in [0.3, 0.4) is 0 Å². The van der Waals surface area contributed by atoms with E-state index in [9.17, 15) is 8.42 Å². The Bertz CT molecular complexity index is 623. The minimum absolute atomic E-state index is 0.180. The van der Waals surface area contributed by atoms with Crippen LogP contribution in [0, 0.1) is 0 Å². The average molecular weight is 267 g/mol. The Hall–Kier alpha value is -1.53. The van der Waals surface area contributed by atoms with Crippen LogP contribution in [-0.2, 0) is 16.6 Å². The summed E-state index contributed by atoms with van der Waals surface area (Å²) in [6, 6.07) is 7.07. The molecule has 0 saturated heterocycles. The van der Waals surface area contributed by atoms with Crippen LogP contribution < -0.4 is 4.72 Å². The van der Waals surface area contributed by atoms with Crippen LogP contribution in [-0.4, -0.2) is 13.7 Å². The predicted octanol–water partition coefficient (Wildman–Crippen LogP) is 2.12. The van der Waals surface area contributed by atoms with Gasteiger partial charge in [-0.05, 0) is 37.1 Å². The number of hydrogen-bond acceptors (Lipinski definition) is 4. The molecule has 2 aromatic heterocycles. The van der Waals surface area contributed by atoms with Crippen molar-refractivity contribution in [2.45, 2.75) is 24.6 Å². The summed E-state index contributed by atoms with van der Waals surface area (Å²) < 4.78 is 36.5. The molecule has 96 valence electrons. The first-order valence-corrected chi connectivity index (χ1v) is 7.31.